The van der Waals surface area contributed by atoms with Crippen molar-refractivity contribution >= 4 is 17.3 Å². The average Bonchev–Trinajstić information content (AvgIpc) is 2.75. The van der Waals surface area contributed by atoms with Crippen molar-refractivity contribution in [2.75, 3.05) is 50.0 Å². The lowest BCUT2D eigenvalue weighted by atomic mass is 10.0. The number of ether oxygens (including phenoxy) is 1. The predicted octanol–water partition coefficient (Wildman–Crippen LogP) is 3.20. The molecule has 0 unspecified atom stereocenters. The Bertz CT molecular complexity index is 766. The smallest absolute Gasteiger partial charge is 0.274 e. The van der Waals surface area contributed by atoms with Crippen LogP contribution in [0, 0.1) is 0 Å². The SMILES string of the molecule is CCc1cccc(CC)c1NC(=O)c1cc(NCCN2CCOCC2)ccn1. The van der Waals surface area contributed by atoms with Crippen LogP contribution in [0.15, 0.2) is 36.5 Å². The second-order valence-corrected chi connectivity index (χ2v) is 6.92. The Morgan fingerprint density at radius 2 is 1.86 bits per heavy atom. The first-order valence-electron chi connectivity index (χ1n) is 10.1. The van der Waals surface area contributed by atoms with E-state index in [0.717, 1.165) is 74.7 Å². The van der Waals surface area contributed by atoms with E-state index in [1.807, 2.05) is 18.2 Å². The first kappa shape index (κ1) is 20.3. The normalized spacial score (nSPS) is 14.6. The second-order valence-electron chi connectivity index (χ2n) is 6.92. The minimum Gasteiger partial charge on any atom is -0.384 e. The quantitative estimate of drug-likeness (QED) is 0.734. The maximum Gasteiger partial charge on any atom is 0.274 e. The van der Waals surface area contributed by atoms with Gasteiger partial charge in [0.15, 0.2) is 0 Å². The van der Waals surface area contributed by atoms with Crippen LogP contribution in [-0.4, -0.2) is 55.2 Å². The minimum atomic E-state index is -0.174. The van der Waals surface area contributed by atoms with Crippen LogP contribution in [0.4, 0.5) is 11.4 Å². The third-order valence-electron chi connectivity index (χ3n) is 5.09. The molecule has 0 radical (unpaired) electrons. The van der Waals surface area contributed by atoms with Crippen LogP contribution in [0.5, 0.6) is 0 Å². The molecule has 1 fully saturated rings. The van der Waals surface area contributed by atoms with Gasteiger partial charge in [0.1, 0.15) is 5.69 Å². The number of para-hydroxylation sites is 1. The Hall–Kier alpha value is -2.44. The van der Waals surface area contributed by atoms with E-state index in [2.05, 4.69) is 46.5 Å². The van der Waals surface area contributed by atoms with Crippen LogP contribution in [0.2, 0.25) is 0 Å². The van der Waals surface area contributed by atoms with E-state index in [-0.39, 0.29) is 5.91 Å². The minimum absolute atomic E-state index is 0.174. The number of anilines is 2. The molecule has 1 aromatic heterocycles. The van der Waals surface area contributed by atoms with Gasteiger partial charge in [-0.1, -0.05) is 32.0 Å². The summed E-state index contributed by atoms with van der Waals surface area (Å²) in [5.41, 5.74) is 4.54. The molecular formula is C22H30N4O2. The van der Waals surface area contributed by atoms with Crippen molar-refractivity contribution in [2.24, 2.45) is 0 Å². The molecule has 2 N–H and O–H groups in total. The Labute approximate surface area is 167 Å². The van der Waals surface area contributed by atoms with Gasteiger partial charge >= 0.3 is 0 Å². The monoisotopic (exact) mass is 382 g/mol. The van der Waals surface area contributed by atoms with Gasteiger partial charge in [-0.25, -0.2) is 0 Å². The molecule has 28 heavy (non-hydrogen) atoms. The second kappa shape index (κ2) is 10.2. The molecule has 150 valence electrons. The Balaban J connectivity index is 1.62. The molecule has 1 aliphatic heterocycles. The molecule has 2 heterocycles. The summed E-state index contributed by atoms with van der Waals surface area (Å²) in [6.07, 6.45) is 3.43. The molecule has 0 saturated carbocycles. The number of carbonyl (C=O) groups is 1. The van der Waals surface area contributed by atoms with Crippen molar-refractivity contribution in [1.29, 1.82) is 0 Å². The predicted molar refractivity (Wildman–Crippen MR) is 113 cm³/mol. The van der Waals surface area contributed by atoms with Gasteiger partial charge in [0, 0.05) is 43.8 Å². The zero-order valence-corrected chi connectivity index (χ0v) is 16.8. The summed E-state index contributed by atoms with van der Waals surface area (Å²) < 4.78 is 5.37. The molecule has 0 atom stereocenters. The maximum absolute atomic E-state index is 12.8. The summed E-state index contributed by atoms with van der Waals surface area (Å²) in [6.45, 7) is 9.53. The molecular weight excluding hydrogens is 352 g/mol. The fourth-order valence-electron chi connectivity index (χ4n) is 3.43. The van der Waals surface area contributed by atoms with Crippen molar-refractivity contribution in [3.8, 4) is 0 Å². The van der Waals surface area contributed by atoms with E-state index in [9.17, 15) is 4.79 Å². The number of carbonyl (C=O) groups excluding carboxylic acids is 1. The highest BCUT2D eigenvalue weighted by Gasteiger charge is 2.14. The molecule has 3 rings (SSSR count). The number of pyridine rings is 1. The third-order valence-corrected chi connectivity index (χ3v) is 5.09. The summed E-state index contributed by atoms with van der Waals surface area (Å²) in [6, 6.07) is 9.88. The van der Waals surface area contributed by atoms with Crippen molar-refractivity contribution in [3.05, 3.63) is 53.3 Å². The fraction of sp³-hybridized carbons (Fsp3) is 0.455. The topological polar surface area (TPSA) is 66.5 Å². The third kappa shape index (κ3) is 5.30. The zero-order valence-electron chi connectivity index (χ0n) is 16.8. The van der Waals surface area contributed by atoms with Crippen LogP contribution >= 0.6 is 0 Å². The van der Waals surface area contributed by atoms with Crippen LogP contribution in [-0.2, 0) is 17.6 Å². The van der Waals surface area contributed by atoms with Crippen molar-refractivity contribution < 1.29 is 9.53 Å². The van der Waals surface area contributed by atoms with Gasteiger partial charge < -0.3 is 15.4 Å². The zero-order chi connectivity index (χ0) is 19.8. The molecule has 1 aliphatic rings. The number of hydrogen-bond acceptors (Lipinski definition) is 5. The standard InChI is InChI=1S/C22H30N4O2/c1-3-17-6-5-7-18(4-2)21(17)25-22(27)20-16-19(8-9-24-20)23-10-11-26-12-14-28-15-13-26/h5-9,16H,3-4,10-15H2,1-2H3,(H,23,24)(H,25,27). The maximum atomic E-state index is 12.8. The lowest BCUT2D eigenvalue weighted by Gasteiger charge is -2.26. The van der Waals surface area contributed by atoms with Gasteiger partial charge in [-0.3, -0.25) is 14.7 Å². The first-order chi connectivity index (χ1) is 13.7. The highest BCUT2D eigenvalue weighted by molar-refractivity contribution is 6.04. The number of rotatable bonds is 8. The molecule has 6 nitrogen and oxygen atoms in total. The molecule has 2 aromatic rings. The van der Waals surface area contributed by atoms with Gasteiger partial charge in [-0.2, -0.15) is 0 Å². The number of amides is 1. The molecule has 1 amide bonds. The lowest BCUT2D eigenvalue weighted by Crippen LogP contribution is -2.39. The molecule has 0 aliphatic carbocycles. The molecule has 1 aromatic carbocycles. The Morgan fingerprint density at radius 1 is 1.14 bits per heavy atom. The lowest BCUT2D eigenvalue weighted by molar-refractivity contribution is 0.0398. The first-order valence-corrected chi connectivity index (χ1v) is 10.1. The highest BCUT2D eigenvalue weighted by atomic mass is 16.5. The number of nitrogens with zero attached hydrogens (tertiary/aromatic N) is 2. The van der Waals surface area contributed by atoms with E-state index in [1.54, 1.807) is 6.20 Å². The highest BCUT2D eigenvalue weighted by Crippen LogP contribution is 2.23. The number of benzene rings is 1. The molecule has 6 heteroatoms. The summed E-state index contributed by atoms with van der Waals surface area (Å²) in [5.74, 6) is -0.174. The van der Waals surface area contributed by atoms with Gasteiger partial charge in [-0.15, -0.1) is 0 Å². The van der Waals surface area contributed by atoms with Gasteiger partial charge in [0.2, 0.25) is 0 Å². The summed E-state index contributed by atoms with van der Waals surface area (Å²) in [7, 11) is 0. The average molecular weight is 383 g/mol. The van der Waals surface area contributed by atoms with Crippen molar-refractivity contribution in [2.45, 2.75) is 26.7 Å². The summed E-state index contributed by atoms with van der Waals surface area (Å²) >= 11 is 0. The molecule has 0 spiro atoms. The van der Waals surface area contributed by atoms with E-state index in [0.29, 0.717) is 5.69 Å². The molecule has 1 saturated heterocycles. The van der Waals surface area contributed by atoms with Crippen LogP contribution in [0.1, 0.15) is 35.5 Å². The number of aromatic nitrogens is 1. The van der Waals surface area contributed by atoms with Crippen molar-refractivity contribution in [1.82, 2.24) is 9.88 Å². The van der Waals surface area contributed by atoms with E-state index >= 15 is 0 Å². The van der Waals surface area contributed by atoms with Crippen LogP contribution < -0.4 is 10.6 Å². The van der Waals surface area contributed by atoms with E-state index < -0.39 is 0 Å². The fourth-order valence-corrected chi connectivity index (χ4v) is 3.43. The van der Waals surface area contributed by atoms with Gasteiger partial charge in [-0.05, 0) is 36.1 Å². The number of hydrogen-bond donors (Lipinski definition) is 2. The van der Waals surface area contributed by atoms with Crippen molar-refractivity contribution in [3.63, 3.8) is 0 Å². The summed E-state index contributed by atoms with van der Waals surface area (Å²) in [5, 5.41) is 6.47. The van der Waals surface area contributed by atoms with Crippen LogP contribution in [0.3, 0.4) is 0 Å². The largest absolute Gasteiger partial charge is 0.384 e. The van der Waals surface area contributed by atoms with E-state index in [1.165, 1.54) is 0 Å². The number of nitrogens with one attached hydrogen (secondary N) is 2. The Kier molecular flexibility index (Phi) is 7.39. The van der Waals surface area contributed by atoms with Crippen LogP contribution in [0.25, 0.3) is 0 Å². The van der Waals surface area contributed by atoms with Gasteiger partial charge in [0.25, 0.3) is 5.91 Å². The summed E-state index contributed by atoms with van der Waals surface area (Å²) in [4.78, 5) is 19.4. The number of morpholine rings is 1. The molecule has 0 bridgehead atoms. The number of aryl methyl sites for hydroxylation is 2. The van der Waals surface area contributed by atoms with Gasteiger partial charge in [0.05, 0.1) is 13.2 Å². The Morgan fingerprint density at radius 3 is 2.54 bits per heavy atom. The van der Waals surface area contributed by atoms with E-state index in [4.69, 9.17) is 4.74 Å².